The van der Waals surface area contributed by atoms with Gasteiger partial charge in [0.05, 0.1) is 5.60 Å². The van der Waals surface area contributed by atoms with E-state index in [-0.39, 0.29) is 11.3 Å². The van der Waals surface area contributed by atoms with Gasteiger partial charge >= 0.3 is 5.97 Å². The average Bonchev–Trinajstić information content (AvgIpc) is 2.85. The maximum absolute atomic E-state index is 12.4. The third kappa shape index (κ3) is 5.14. The normalized spacial score (nSPS) is 35.5. The summed E-state index contributed by atoms with van der Waals surface area (Å²) in [5, 5.41) is 51.9. The van der Waals surface area contributed by atoms with Gasteiger partial charge in [-0.25, -0.2) is 4.79 Å². The van der Waals surface area contributed by atoms with E-state index in [1.54, 1.807) is 12.1 Å². The number of likely N-dealkylation sites (N-methyl/N-ethyl adjacent to an activating group) is 1. The molecule has 0 radical (unpaired) electrons. The molecule has 2 aliphatic carbocycles. The van der Waals surface area contributed by atoms with Crippen molar-refractivity contribution in [2.24, 2.45) is 5.41 Å². The summed E-state index contributed by atoms with van der Waals surface area (Å²) < 4.78 is 10.9. The summed E-state index contributed by atoms with van der Waals surface area (Å²) in [6.07, 6.45) is 1.39. The number of ether oxygens (including phenoxy) is 2. The molecule has 1 aliphatic heterocycles. The Hall–Kier alpha value is -1.75. The smallest absolute Gasteiger partial charge is 0.335 e. The molecule has 0 aromatic heterocycles. The number of carboxylic acids is 1. The lowest BCUT2D eigenvalue weighted by Gasteiger charge is -2.56. The fraction of sp³-hybridized carbons (Fsp3) is 0.741. The largest absolute Gasteiger partial charge is 0.479 e. The number of hydrogen-bond acceptors (Lipinski definition) is 8. The molecule has 1 aromatic carbocycles. The predicted molar refractivity (Wildman–Crippen MR) is 132 cm³/mol. The first-order valence-corrected chi connectivity index (χ1v) is 13.1. The highest BCUT2D eigenvalue weighted by molar-refractivity contribution is 5.73. The fourth-order valence-corrected chi connectivity index (χ4v) is 6.75. The van der Waals surface area contributed by atoms with E-state index >= 15 is 0 Å². The van der Waals surface area contributed by atoms with Gasteiger partial charge in [-0.05, 0) is 62.9 Å². The van der Waals surface area contributed by atoms with Crippen molar-refractivity contribution in [2.45, 2.75) is 100 Å². The number of carboxylic acid groups (broad SMARTS) is 1. The van der Waals surface area contributed by atoms with E-state index in [0.717, 1.165) is 56.9 Å². The Morgan fingerprint density at radius 2 is 1.56 bits per heavy atom. The van der Waals surface area contributed by atoms with Gasteiger partial charge in [-0.3, -0.25) is 0 Å². The molecule has 36 heavy (non-hydrogen) atoms. The summed E-state index contributed by atoms with van der Waals surface area (Å²) in [6, 6.07) is 7.23. The number of rotatable bonds is 7. The number of aliphatic carboxylic acids is 1. The number of benzene rings is 1. The lowest BCUT2D eigenvalue weighted by molar-refractivity contribution is -0.271. The lowest BCUT2D eigenvalue weighted by atomic mass is 9.52. The molecule has 1 spiro atoms. The molecule has 3 fully saturated rings. The molecule has 2 saturated carbocycles. The van der Waals surface area contributed by atoms with Gasteiger partial charge in [-0.1, -0.05) is 44.2 Å². The monoisotopic (exact) mass is 507 g/mol. The molecular weight excluding hydrogens is 466 g/mol. The standard InChI is InChI=1S/C27H41NO8/c1-28(2)16-19(27(34)15-7-6-14-26(27)12-4-3-5-13-26)17-8-10-18(11-9-17)35-25-22(31)20(29)21(30)23(36-25)24(32)33/h8-11,19-23,25,29-31,34H,3-7,12-16H2,1-2H3,(H,32,33). The molecule has 4 rings (SSSR count). The van der Waals surface area contributed by atoms with Crippen LogP contribution < -0.4 is 4.74 Å². The van der Waals surface area contributed by atoms with E-state index in [4.69, 9.17) is 9.47 Å². The maximum atomic E-state index is 12.4. The minimum atomic E-state index is -1.77. The molecule has 7 atom stereocenters. The summed E-state index contributed by atoms with van der Waals surface area (Å²) >= 11 is 0. The SMILES string of the molecule is CN(C)CC(c1ccc(OC2OC(C(=O)O)C(O)C(O)C2O)cc1)C1(O)CCCCC12CCCCC2. The molecule has 5 N–H and O–H groups in total. The number of nitrogens with zero attached hydrogens (tertiary/aromatic N) is 1. The van der Waals surface area contributed by atoms with Gasteiger partial charge in [-0.2, -0.15) is 0 Å². The highest BCUT2D eigenvalue weighted by atomic mass is 16.7. The Morgan fingerprint density at radius 1 is 0.972 bits per heavy atom. The van der Waals surface area contributed by atoms with Crippen LogP contribution in [0.3, 0.4) is 0 Å². The van der Waals surface area contributed by atoms with Crippen molar-refractivity contribution in [3.05, 3.63) is 29.8 Å². The molecule has 9 heteroatoms. The van der Waals surface area contributed by atoms with Crippen LogP contribution in [0.1, 0.15) is 69.3 Å². The fourth-order valence-electron chi connectivity index (χ4n) is 6.75. The lowest BCUT2D eigenvalue weighted by Crippen LogP contribution is -2.61. The van der Waals surface area contributed by atoms with Gasteiger partial charge < -0.3 is 39.9 Å². The first-order valence-electron chi connectivity index (χ1n) is 13.1. The zero-order chi connectivity index (χ0) is 26.1. The molecule has 202 valence electrons. The van der Waals surface area contributed by atoms with E-state index in [1.165, 1.54) is 6.42 Å². The van der Waals surface area contributed by atoms with Crippen molar-refractivity contribution in [1.29, 1.82) is 0 Å². The van der Waals surface area contributed by atoms with E-state index in [0.29, 0.717) is 12.3 Å². The van der Waals surface area contributed by atoms with Gasteiger partial charge in [0.15, 0.2) is 6.10 Å². The van der Waals surface area contributed by atoms with Gasteiger partial charge in [-0.15, -0.1) is 0 Å². The van der Waals surface area contributed by atoms with Crippen molar-refractivity contribution in [3.8, 4) is 5.75 Å². The minimum absolute atomic E-state index is 0.0672. The van der Waals surface area contributed by atoms with Gasteiger partial charge in [0.1, 0.15) is 24.1 Å². The zero-order valence-corrected chi connectivity index (χ0v) is 21.3. The second-order valence-electron chi connectivity index (χ2n) is 11.2. The summed E-state index contributed by atoms with van der Waals surface area (Å²) in [4.78, 5) is 13.5. The Bertz CT molecular complexity index is 878. The summed E-state index contributed by atoms with van der Waals surface area (Å²) in [7, 11) is 4.04. The molecule has 1 saturated heterocycles. The minimum Gasteiger partial charge on any atom is -0.479 e. The third-order valence-electron chi connectivity index (χ3n) is 8.66. The number of aliphatic hydroxyl groups excluding tert-OH is 3. The summed E-state index contributed by atoms with van der Waals surface area (Å²) in [5.41, 5.74) is 0.118. The van der Waals surface area contributed by atoms with Gasteiger partial charge in [0.2, 0.25) is 6.29 Å². The third-order valence-corrected chi connectivity index (χ3v) is 8.66. The van der Waals surface area contributed by atoms with Crippen LogP contribution in [0, 0.1) is 5.41 Å². The van der Waals surface area contributed by atoms with Crippen molar-refractivity contribution in [1.82, 2.24) is 4.90 Å². The average molecular weight is 508 g/mol. The Kier molecular flexibility index (Phi) is 8.29. The van der Waals surface area contributed by atoms with Crippen LogP contribution in [0.2, 0.25) is 0 Å². The Labute approximate surface area is 212 Å². The zero-order valence-electron chi connectivity index (χ0n) is 21.3. The molecule has 7 unspecified atom stereocenters. The van der Waals surface area contributed by atoms with E-state index in [9.17, 15) is 30.3 Å². The predicted octanol–water partition coefficient (Wildman–Crippen LogP) is 1.86. The first-order chi connectivity index (χ1) is 17.1. The van der Waals surface area contributed by atoms with E-state index in [1.807, 2.05) is 26.2 Å². The van der Waals surface area contributed by atoms with E-state index < -0.39 is 42.3 Å². The topological polar surface area (TPSA) is 140 Å². The molecule has 9 nitrogen and oxygen atoms in total. The second-order valence-corrected chi connectivity index (χ2v) is 11.2. The number of hydrogen-bond donors (Lipinski definition) is 5. The van der Waals surface area contributed by atoms with Crippen LogP contribution in [0.25, 0.3) is 0 Å². The highest BCUT2D eigenvalue weighted by Crippen LogP contribution is 2.58. The molecular formula is C27H41NO8. The van der Waals surface area contributed by atoms with E-state index in [2.05, 4.69) is 4.90 Å². The summed E-state index contributed by atoms with van der Waals surface area (Å²) in [5.74, 6) is -1.23. The number of carbonyl (C=O) groups is 1. The molecule has 0 bridgehead atoms. The Balaban J connectivity index is 1.57. The van der Waals surface area contributed by atoms with Crippen molar-refractivity contribution >= 4 is 5.97 Å². The van der Waals surface area contributed by atoms with Crippen LogP contribution in [-0.4, -0.2) is 93.3 Å². The van der Waals surface area contributed by atoms with Gasteiger partial charge in [0.25, 0.3) is 0 Å². The van der Waals surface area contributed by atoms with Gasteiger partial charge in [0, 0.05) is 12.5 Å². The van der Waals surface area contributed by atoms with Crippen LogP contribution in [-0.2, 0) is 9.53 Å². The molecule has 3 aliphatic rings. The molecule has 1 aromatic rings. The molecule has 0 amide bonds. The van der Waals surface area contributed by atoms with Crippen LogP contribution in [0.5, 0.6) is 5.75 Å². The second kappa shape index (κ2) is 10.9. The Morgan fingerprint density at radius 3 is 2.14 bits per heavy atom. The van der Waals surface area contributed by atoms with Crippen molar-refractivity contribution in [2.75, 3.05) is 20.6 Å². The maximum Gasteiger partial charge on any atom is 0.335 e. The van der Waals surface area contributed by atoms with Crippen molar-refractivity contribution in [3.63, 3.8) is 0 Å². The van der Waals surface area contributed by atoms with Crippen molar-refractivity contribution < 1.29 is 39.8 Å². The molecule has 1 heterocycles. The highest BCUT2D eigenvalue weighted by Gasteiger charge is 2.56. The summed E-state index contributed by atoms with van der Waals surface area (Å²) in [6.45, 7) is 0.702. The first kappa shape index (κ1) is 27.3. The van der Waals surface area contributed by atoms with Crippen LogP contribution in [0.15, 0.2) is 24.3 Å². The van der Waals surface area contributed by atoms with Crippen LogP contribution in [0.4, 0.5) is 0 Å². The quantitative estimate of drug-likeness (QED) is 0.374. The number of aliphatic hydroxyl groups is 4. The van der Waals surface area contributed by atoms with Crippen LogP contribution >= 0.6 is 0 Å².